The number of para-hydroxylation sites is 2. The van der Waals surface area contributed by atoms with Crippen molar-refractivity contribution in [3.8, 4) is 11.5 Å². The molecule has 4 rings (SSSR count). The molecule has 0 unspecified atom stereocenters. The maximum absolute atomic E-state index is 13.2. The van der Waals surface area contributed by atoms with Crippen LogP contribution >= 0.6 is 0 Å². The minimum atomic E-state index is -1.36. The van der Waals surface area contributed by atoms with E-state index in [9.17, 15) is 9.90 Å². The lowest BCUT2D eigenvalue weighted by Gasteiger charge is -2.32. The van der Waals surface area contributed by atoms with Crippen LogP contribution in [-0.4, -0.2) is 48.8 Å². The van der Waals surface area contributed by atoms with E-state index in [-0.39, 0.29) is 11.9 Å². The first-order valence-electron chi connectivity index (χ1n) is 12.6. The average molecular weight is 489 g/mol. The molecule has 3 aromatic carbocycles. The second-order valence-electron chi connectivity index (χ2n) is 9.55. The number of ether oxygens (including phenoxy) is 2. The predicted molar refractivity (Wildman–Crippen MR) is 141 cm³/mol. The number of likely N-dealkylation sites (tertiary alicyclic amines) is 1. The zero-order valence-corrected chi connectivity index (χ0v) is 21.2. The van der Waals surface area contributed by atoms with Crippen LogP contribution in [0.1, 0.15) is 52.7 Å². The Balaban J connectivity index is 1.72. The Morgan fingerprint density at radius 2 is 1.81 bits per heavy atom. The van der Waals surface area contributed by atoms with Crippen LogP contribution in [0.15, 0.2) is 72.8 Å². The summed E-state index contributed by atoms with van der Waals surface area (Å²) < 4.78 is 11.6. The molecule has 0 spiro atoms. The summed E-state index contributed by atoms with van der Waals surface area (Å²) in [5.41, 5.74) is 7.56. The van der Waals surface area contributed by atoms with Crippen molar-refractivity contribution < 1.29 is 19.4 Å². The molecule has 0 bridgehead atoms. The Hall–Kier alpha value is -3.19. The van der Waals surface area contributed by atoms with Crippen LogP contribution in [0.25, 0.3) is 0 Å². The van der Waals surface area contributed by atoms with Gasteiger partial charge in [0, 0.05) is 44.0 Å². The summed E-state index contributed by atoms with van der Waals surface area (Å²) in [7, 11) is 1.68. The molecule has 1 fully saturated rings. The van der Waals surface area contributed by atoms with Gasteiger partial charge < -0.3 is 25.2 Å². The van der Waals surface area contributed by atoms with E-state index in [2.05, 4.69) is 0 Å². The van der Waals surface area contributed by atoms with Gasteiger partial charge in [-0.3, -0.25) is 4.79 Å². The molecule has 0 radical (unpaired) electrons. The molecular formula is C30H36N2O4. The van der Waals surface area contributed by atoms with Crippen LogP contribution in [0.5, 0.6) is 11.5 Å². The number of nitrogens with two attached hydrogens (primary N) is 1. The largest absolute Gasteiger partial charge is 0.457 e. The summed E-state index contributed by atoms with van der Waals surface area (Å²) in [6.45, 7) is 3.81. The predicted octanol–water partition coefficient (Wildman–Crippen LogP) is 5.01. The van der Waals surface area contributed by atoms with Gasteiger partial charge in [-0.05, 0) is 68.0 Å². The molecule has 1 amide bonds. The van der Waals surface area contributed by atoms with Gasteiger partial charge in [0.1, 0.15) is 17.1 Å². The molecule has 1 aliphatic rings. The lowest BCUT2D eigenvalue weighted by atomic mass is 9.81. The van der Waals surface area contributed by atoms with Crippen LogP contribution < -0.4 is 10.5 Å². The number of amides is 1. The number of benzene rings is 3. The number of nitrogens with zero attached hydrogens (tertiary/aromatic N) is 1. The zero-order valence-electron chi connectivity index (χ0n) is 21.2. The zero-order chi connectivity index (χ0) is 25.5. The van der Waals surface area contributed by atoms with Gasteiger partial charge in [-0.25, -0.2) is 0 Å². The van der Waals surface area contributed by atoms with Crippen LogP contribution in [0.2, 0.25) is 0 Å². The molecule has 190 valence electrons. The molecule has 1 saturated heterocycles. The second-order valence-corrected chi connectivity index (χ2v) is 9.55. The first kappa shape index (κ1) is 25.9. The summed E-state index contributed by atoms with van der Waals surface area (Å²) in [6, 6.07) is 22.7. The lowest BCUT2D eigenvalue weighted by molar-refractivity contribution is 0.0628. The molecule has 36 heavy (non-hydrogen) atoms. The number of carbonyl (C=O) groups excluding carboxylic acids is 1. The van der Waals surface area contributed by atoms with Gasteiger partial charge in [0.15, 0.2) is 0 Å². The van der Waals surface area contributed by atoms with Gasteiger partial charge >= 0.3 is 0 Å². The first-order chi connectivity index (χ1) is 17.4. The Morgan fingerprint density at radius 1 is 1.06 bits per heavy atom. The smallest absolute Gasteiger partial charge is 0.253 e. The van der Waals surface area contributed by atoms with Gasteiger partial charge in [-0.1, -0.05) is 48.5 Å². The monoisotopic (exact) mass is 488 g/mol. The van der Waals surface area contributed by atoms with Crippen molar-refractivity contribution in [2.45, 2.75) is 44.2 Å². The fraction of sp³-hybridized carbons (Fsp3) is 0.367. The summed E-state index contributed by atoms with van der Waals surface area (Å²) >= 11 is 0. The normalized spacial score (nSPS) is 17.1. The van der Waals surface area contributed by atoms with E-state index in [4.69, 9.17) is 15.2 Å². The minimum absolute atomic E-state index is 0.0142. The topological polar surface area (TPSA) is 85.0 Å². The maximum atomic E-state index is 13.2. The number of aryl methyl sites for hydroxylation is 1. The van der Waals surface area contributed by atoms with Gasteiger partial charge in [-0.15, -0.1) is 0 Å². The number of carbonyl (C=O) groups is 1. The molecule has 1 aliphatic heterocycles. The summed E-state index contributed by atoms with van der Waals surface area (Å²) in [4.78, 5) is 15.0. The van der Waals surface area contributed by atoms with Crippen LogP contribution in [0.4, 0.5) is 0 Å². The fourth-order valence-electron chi connectivity index (χ4n) is 4.81. The van der Waals surface area contributed by atoms with Crippen LogP contribution in [-0.2, 0) is 10.3 Å². The van der Waals surface area contributed by atoms with E-state index >= 15 is 0 Å². The van der Waals surface area contributed by atoms with Gasteiger partial charge in [0.2, 0.25) is 0 Å². The van der Waals surface area contributed by atoms with Crippen molar-refractivity contribution >= 4 is 5.91 Å². The third-order valence-electron chi connectivity index (χ3n) is 6.88. The Bertz CT molecular complexity index is 1180. The highest BCUT2D eigenvalue weighted by Crippen LogP contribution is 2.41. The molecular weight excluding hydrogens is 452 g/mol. The molecule has 1 heterocycles. The molecule has 3 aromatic rings. The highest BCUT2D eigenvalue weighted by molar-refractivity contribution is 5.94. The average Bonchev–Trinajstić information content (AvgIpc) is 3.34. The minimum Gasteiger partial charge on any atom is -0.457 e. The number of aliphatic hydroxyl groups is 1. The Labute approximate surface area is 213 Å². The van der Waals surface area contributed by atoms with E-state index < -0.39 is 5.60 Å². The molecule has 2 atom stereocenters. The standard InChI is InChI=1S/C30H36N2O4/c1-22-10-3-5-14-27(22)36-28-15-6-4-13-26(28)30(34,17-7-8-19-35-2)24-12-9-11-23(20-24)29(33)32-18-16-25(31)21-32/h3-6,9-15,20,25,34H,7-8,16-19,21,31H2,1-2H3/t25-,30-/m0/s1. The SMILES string of the molecule is COCCCC[C@](O)(c1cccc(C(=O)N2CC[C@H](N)C2)c1)c1ccccc1Oc1ccccc1C. The van der Waals surface area contributed by atoms with Gasteiger partial charge in [-0.2, -0.15) is 0 Å². The molecule has 0 aliphatic carbocycles. The van der Waals surface area contributed by atoms with E-state index in [1.54, 1.807) is 18.1 Å². The molecule has 0 aromatic heterocycles. The number of rotatable bonds is 10. The van der Waals surface area contributed by atoms with E-state index in [1.165, 1.54) is 0 Å². The molecule has 3 N–H and O–H groups in total. The molecule has 6 heteroatoms. The van der Waals surface area contributed by atoms with Crippen molar-refractivity contribution in [3.05, 3.63) is 95.1 Å². The van der Waals surface area contributed by atoms with E-state index in [0.717, 1.165) is 30.6 Å². The van der Waals surface area contributed by atoms with Crippen LogP contribution in [0, 0.1) is 6.92 Å². The van der Waals surface area contributed by atoms with E-state index in [0.29, 0.717) is 48.6 Å². The van der Waals surface area contributed by atoms with Crippen molar-refractivity contribution in [1.82, 2.24) is 4.90 Å². The quantitative estimate of drug-likeness (QED) is 0.392. The number of hydrogen-bond donors (Lipinski definition) is 2. The fourth-order valence-corrected chi connectivity index (χ4v) is 4.81. The second kappa shape index (κ2) is 11.7. The van der Waals surface area contributed by atoms with Crippen molar-refractivity contribution in [2.24, 2.45) is 5.73 Å². The first-order valence-corrected chi connectivity index (χ1v) is 12.6. The molecule has 0 saturated carbocycles. The van der Waals surface area contributed by atoms with E-state index in [1.807, 2.05) is 73.7 Å². The van der Waals surface area contributed by atoms with Crippen molar-refractivity contribution in [3.63, 3.8) is 0 Å². The lowest BCUT2D eigenvalue weighted by Crippen LogP contribution is -2.32. The Morgan fingerprint density at radius 3 is 2.53 bits per heavy atom. The summed E-state index contributed by atoms with van der Waals surface area (Å²) in [5.74, 6) is 1.26. The Kier molecular flexibility index (Phi) is 8.41. The van der Waals surface area contributed by atoms with Gasteiger partial charge in [0.25, 0.3) is 5.91 Å². The van der Waals surface area contributed by atoms with Crippen molar-refractivity contribution in [2.75, 3.05) is 26.8 Å². The number of methoxy groups -OCH3 is 1. The number of unbranched alkanes of at least 4 members (excludes halogenated alkanes) is 1. The molecule has 6 nitrogen and oxygen atoms in total. The summed E-state index contributed by atoms with van der Waals surface area (Å²) in [5, 5.41) is 12.3. The highest BCUT2D eigenvalue weighted by atomic mass is 16.5. The summed E-state index contributed by atoms with van der Waals surface area (Å²) in [6.07, 6.45) is 2.81. The highest BCUT2D eigenvalue weighted by Gasteiger charge is 2.35. The third kappa shape index (κ3) is 5.78. The number of hydrogen-bond acceptors (Lipinski definition) is 5. The maximum Gasteiger partial charge on any atom is 0.253 e. The third-order valence-corrected chi connectivity index (χ3v) is 6.88. The van der Waals surface area contributed by atoms with Gasteiger partial charge in [0.05, 0.1) is 0 Å². The van der Waals surface area contributed by atoms with Crippen molar-refractivity contribution in [1.29, 1.82) is 0 Å². The van der Waals surface area contributed by atoms with Crippen LogP contribution in [0.3, 0.4) is 0 Å².